The molecule has 5 aliphatic rings. The van der Waals surface area contributed by atoms with Gasteiger partial charge < -0.3 is 9.52 Å². The second-order valence-corrected chi connectivity index (χ2v) is 12.1. The molecular formula is C25H25NO4S2. The second kappa shape index (κ2) is 7.66. The fraction of sp³-hybridized carbons (Fsp3) is 0.440. The highest BCUT2D eigenvalue weighted by Gasteiger charge is 2.53. The Labute approximate surface area is 194 Å². The molecule has 166 valence electrons. The van der Waals surface area contributed by atoms with Crippen LogP contribution >= 0.6 is 22.7 Å². The van der Waals surface area contributed by atoms with Gasteiger partial charge in [0.15, 0.2) is 0 Å². The molecule has 4 bridgehead atoms. The summed E-state index contributed by atoms with van der Waals surface area (Å²) >= 11 is 5.87. The molecule has 1 amide bonds. The van der Waals surface area contributed by atoms with Crippen LogP contribution in [0, 0.1) is 23.7 Å². The molecule has 2 heterocycles. The molecule has 1 aliphatic heterocycles. The molecule has 1 saturated heterocycles. The Balaban J connectivity index is 1.23. The van der Waals surface area contributed by atoms with Gasteiger partial charge >= 0.3 is 5.97 Å². The van der Waals surface area contributed by atoms with Crippen LogP contribution in [-0.4, -0.2) is 43.4 Å². The van der Waals surface area contributed by atoms with Gasteiger partial charge in [0, 0.05) is 17.0 Å². The Morgan fingerprint density at radius 1 is 1.03 bits per heavy atom. The lowest BCUT2D eigenvalue weighted by Gasteiger charge is -2.56. The van der Waals surface area contributed by atoms with E-state index in [1.165, 1.54) is 32.1 Å². The van der Waals surface area contributed by atoms with Crippen molar-refractivity contribution in [2.24, 2.45) is 23.7 Å². The molecule has 1 aromatic heterocycles. The molecule has 1 atom stereocenters. The number of hydrogen-bond donors (Lipinski definition) is 1. The third-order valence-electron chi connectivity index (χ3n) is 7.75. The zero-order chi connectivity index (χ0) is 22.0. The van der Waals surface area contributed by atoms with E-state index >= 15 is 0 Å². The first-order valence-electron chi connectivity index (χ1n) is 11.3. The average molecular weight is 468 g/mol. The lowest BCUT2D eigenvalue weighted by molar-refractivity contribution is -0.132. The van der Waals surface area contributed by atoms with E-state index in [1.807, 2.05) is 22.4 Å². The second-order valence-electron chi connectivity index (χ2n) is 9.73. The monoisotopic (exact) mass is 467 g/mol. The maximum absolute atomic E-state index is 13.1. The minimum Gasteiger partial charge on any atom is -0.478 e. The van der Waals surface area contributed by atoms with Gasteiger partial charge in [-0.25, -0.2) is 4.79 Å². The van der Waals surface area contributed by atoms with Gasteiger partial charge in [-0.05, 0) is 80.0 Å². The van der Waals surface area contributed by atoms with Crippen LogP contribution in [0.5, 0.6) is 0 Å². The zero-order valence-electron chi connectivity index (χ0n) is 17.6. The van der Waals surface area contributed by atoms with E-state index in [1.54, 1.807) is 24.3 Å². The average Bonchev–Trinajstić information content (AvgIpc) is 3.33. The van der Waals surface area contributed by atoms with Crippen molar-refractivity contribution in [2.45, 2.75) is 38.1 Å². The highest BCUT2D eigenvalue weighted by molar-refractivity contribution is 8.35. The molecular weight excluding hydrogens is 442 g/mol. The minimum atomic E-state index is -0.950. The van der Waals surface area contributed by atoms with E-state index in [-0.39, 0.29) is 11.5 Å². The summed E-state index contributed by atoms with van der Waals surface area (Å²) in [5.41, 5.74) is 1.06. The number of nitrogens with zero attached hydrogens (tertiary/aromatic N) is 1. The van der Waals surface area contributed by atoms with E-state index in [9.17, 15) is 9.59 Å². The molecule has 1 unspecified atom stereocenters. The topological polar surface area (TPSA) is 70.8 Å². The smallest absolute Gasteiger partial charge is 0.335 e. The lowest BCUT2D eigenvalue weighted by Crippen LogP contribution is -2.57. The molecule has 0 radical (unpaired) electrons. The number of benzene rings is 1. The number of rotatable bonds is 4. The first-order chi connectivity index (χ1) is 15.5. The predicted octanol–water partition coefficient (Wildman–Crippen LogP) is 5.02. The third-order valence-corrected chi connectivity index (χ3v) is 10.3. The maximum atomic E-state index is 13.1. The largest absolute Gasteiger partial charge is 0.478 e. The number of amides is 1. The van der Waals surface area contributed by atoms with Crippen LogP contribution in [0.15, 0.2) is 40.8 Å². The Kier molecular flexibility index (Phi) is 4.88. The molecule has 1 N–H and O–H groups in total. The summed E-state index contributed by atoms with van der Waals surface area (Å²) in [4.78, 5) is 26.1. The summed E-state index contributed by atoms with van der Waals surface area (Å²) in [6.45, 7) is 0. The van der Waals surface area contributed by atoms with Gasteiger partial charge in [-0.3, -0.25) is 9.69 Å². The van der Waals surface area contributed by atoms with Crippen LogP contribution in [0.4, 0.5) is 0 Å². The number of furan rings is 1. The number of thiocarbonyl (C=S) groups is 1. The summed E-state index contributed by atoms with van der Waals surface area (Å²) in [6, 6.07) is 10.7. The number of carbonyl (C=O) groups excluding carboxylic acids is 1. The van der Waals surface area contributed by atoms with Crippen LogP contribution in [0.2, 0.25) is 0 Å². The molecule has 32 heavy (non-hydrogen) atoms. The SMILES string of the molecule is O=C(O)c1ccc(-c2ccc(/C=S3\CC(=O)N(C4C5CC6CC(C5)CC4C6)C3=S)o2)cc1. The van der Waals surface area contributed by atoms with Gasteiger partial charge in [-0.1, -0.05) is 24.4 Å². The first-order valence-corrected chi connectivity index (χ1v) is 13.2. The van der Waals surface area contributed by atoms with Crippen molar-refractivity contribution >= 4 is 44.3 Å². The summed E-state index contributed by atoms with van der Waals surface area (Å²) < 4.78 is 6.79. The highest BCUT2D eigenvalue weighted by atomic mass is 32.2. The molecule has 4 saturated carbocycles. The van der Waals surface area contributed by atoms with Gasteiger partial charge in [0.25, 0.3) is 0 Å². The van der Waals surface area contributed by atoms with E-state index < -0.39 is 16.5 Å². The van der Waals surface area contributed by atoms with E-state index in [2.05, 4.69) is 0 Å². The van der Waals surface area contributed by atoms with Gasteiger partial charge in [-0.2, -0.15) is 0 Å². The minimum absolute atomic E-state index is 0.183. The van der Waals surface area contributed by atoms with Crippen molar-refractivity contribution in [3.8, 4) is 11.3 Å². The van der Waals surface area contributed by atoms with Crippen LogP contribution in [0.25, 0.3) is 11.3 Å². The maximum Gasteiger partial charge on any atom is 0.335 e. The van der Waals surface area contributed by atoms with Crippen LogP contribution in [0.3, 0.4) is 0 Å². The number of aromatic carboxylic acids is 1. The van der Waals surface area contributed by atoms with Crippen molar-refractivity contribution < 1.29 is 19.1 Å². The van der Waals surface area contributed by atoms with E-state index in [4.69, 9.17) is 21.7 Å². The molecule has 1 aromatic carbocycles. The molecule has 0 spiro atoms. The summed E-state index contributed by atoms with van der Waals surface area (Å²) in [5.74, 6) is 4.05. The van der Waals surface area contributed by atoms with Crippen molar-refractivity contribution in [3.63, 3.8) is 0 Å². The Hall–Kier alpha value is -2.25. The van der Waals surface area contributed by atoms with Gasteiger partial charge in [0.05, 0.1) is 11.3 Å². The van der Waals surface area contributed by atoms with Crippen LogP contribution in [0.1, 0.15) is 48.2 Å². The Morgan fingerprint density at radius 3 is 2.31 bits per heavy atom. The van der Waals surface area contributed by atoms with Gasteiger partial charge in [-0.15, -0.1) is 10.5 Å². The van der Waals surface area contributed by atoms with Crippen molar-refractivity contribution in [2.75, 3.05) is 5.75 Å². The molecule has 7 rings (SSSR count). The normalized spacial score (nSPS) is 33.4. The van der Waals surface area contributed by atoms with Gasteiger partial charge in [0.2, 0.25) is 5.91 Å². The number of carboxylic acid groups (broad SMARTS) is 1. The van der Waals surface area contributed by atoms with Crippen molar-refractivity contribution in [3.05, 3.63) is 47.7 Å². The van der Waals surface area contributed by atoms with E-state index in [0.717, 1.165) is 21.7 Å². The molecule has 5 fully saturated rings. The van der Waals surface area contributed by atoms with Crippen LogP contribution in [-0.2, 0) is 4.79 Å². The fourth-order valence-corrected chi connectivity index (χ4v) is 8.82. The molecule has 7 heteroatoms. The molecule has 5 nitrogen and oxygen atoms in total. The molecule has 2 aromatic rings. The fourth-order valence-electron chi connectivity index (χ4n) is 6.68. The lowest BCUT2D eigenvalue weighted by atomic mass is 9.54. The van der Waals surface area contributed by atoms with E-state index in [0.29, 0.717) is 35.2 Å². The number of hydrogen-bond acceptors (Lipinski definition) is 4. The quantitative estimate of drug-likeness (QED) is 0.640. The predicted molar refractivity (Wildman–Crippen MR) is 129 cm³/mol. The first kappa shape index (κ1) is 20.4. The third kappa shape index (κ3) is 3.37. The number of carbonyl (C=O) groups is 2. The summed E-state index contributed by atoms with van der Waals surface area (Å²) in [5, 5.41) is 11.1. The standard InChI is InChI=1S/C25H25NO4S2/c27-22-13-32(12-20-5-6-21(30-20)16-1-3-17(4-2-16)24(28)29)25(31)26(22)23-18-8-14-7-15(10-18)11-19(23)9-14/h1-6,12,14-15,18-19,23H,7-11,13H2,(H,28,29). The van der Waals surface area contributed by atoms with Crippen molar-refractivity contribution in [1.82, 2.24) is 4.90 Å². The summed E-state index contributed by atoms with van der Waals surface area (Å²) in [6.07, 6.45) is 6.47. The van der Waals surface area contributed by atoms with Crippen molar-refractivity contribution in [1.29, 1.82) is 0 Å². The summed E-state index contributed by atoms with van der Waals surface area (Å²) in [7, 11) is -0.432. The van der Waals surface area contributed by atoms with Gasteiger partial charge in [0.1, 0.15) is 15.8 Å². The Morgan fingerprint density at radius 2 is 1.69 bits per heavy atom. The zero-order valence-corrected chi connectivity index (χ0v) is 19.2. The van der Waals surface area contributed by atoms with Crippen LogP contribution < -0.4 is 0 Å². The highest BCUT2D eigenvalue weighted by Crippen LogP contribution is 2.56. The molecule has 4 aliphatic carbocycles. The number of carboxylic acids is 1. The Bertz CT molecular complexity index is 1120.